The molecule has 0 aromatic heterocycles. The number of hydrogen-bond acceptors (Lipinski definition) is 5. The lowest BCUT2D eigenvalue weighted by atomic mass is 9.79. The van der Waals surface area contributed by atoms with Crippen molar-refractivity contribution in [2.75, 3.05) is 13.2 Å². The Hall–Kier alpha value is -3.08. The molecule has 1 aliphatic carbocycles. The lowest BCUT2D eigenvalue weighted by molar-refractivity contribution is -0.125. The number of rotatable bonds is 3. The molecule has 0 amide bonds. The number of benzene rings is 2. The van der Waals surface area contributed by atoms with Crippen molar-refractivity contribution >= 4 is 11.6 Å². The van der Waals surface area contributed by atoms with Crippen molar-refractivity contribution < 1.29 is 19.4 Å². The first-order chi connectivity index (χ1) is 13.1. The number of hydrogen-bond donors (Lipinski definition) is 1. The maximum atomic E-state index is 12.8. The molecule has 138 valence electrons. The highest BCUT2D eigenvalue weighted by molar-refractivity contribution is 6.22. The van der Waals surface area contributed by atoms with E-state index >= 15 is 0 Å². The fourth-order valence-electron chi connectivity index (χ4n) is 3.80. The third-order valence-electron chi connectivity index (χ3n) is 5.12. The summed E-state index contributed by atoms with van der Waals surface area (Å²) in [6.07, 6.45) is 0.398. The number of para-hydroxylation sites is 1. The number of aromatic hydroxyl groups is 1. The van der Waals surface area contributed by atoms with Crippen LogP contribution in [0.2, 0.25) is 0 Å². The zero-order valence-corrected chi connectivity index (χ0v) is 14.9. The molecule has 1 heterocycles. The highest BCUT2D eigenvalue weighted by atomic mass is 16.5. The zero-order valence-electron chi connectivity index (χ0n) is 14.9. The van der Waals surface area contributed by atoms with Gasteiger partial charge in [-0.2, -0.15) is 0 Å². The summed E-state index contributed by atoms with van der Waals surface area (Å²) in [6, 6.07) is 16.8. The van der Waals surface area contributed by atoms with E-state index in [1.807, 2.05) is 35.2 Å². The van der Waals surface area contributed by atoms with Crippen LogP contribution in [0.4, 0.5) is 0 Å². The third kappa shape index (κ3) is 3.45. The maximum Gasteiger partial charge on any atom is 0.204 e. The minimum Gasteiger partial charge on any atom is -0.508 e. The molecule has 2 aromatic carbocycles. The second-order valence-corrected chi connectivity index (χ2v) is 6.95. The lowest BCUT2D eigenvalue weighted by Crippen LogP contribution is -2.30. The second-order valence-electron chi connectivity index (χ2n) is 6.95. The van der Waals surface area contributed by atoms with E-state index in [4.69, 9.17) is 4.74 Å². The van der Waals surface area contributed by atoms with Crippen molar-refractivity contribution in [3.63, 3.8) is 0 Å². The van der Waals surface area contributed by atoms with E-state index in [1.54, 1.807) is 24.3 Å². The first kappa shape index (κ1) is 17.3. The van der Waals surface area contributed by atoms with Crippen molar-refractivity contribution in [3.05, 3.63) is 77.2 Å². The molecule has 27 heavy (non-hydrogen) atoms. The average Bonchev–Trinajstić information content (AvgIpc) is 3.10. The van der Waals surface area contributed by atoms with Crippen molar-refractivity contribution in [2.24, 2.45) is 0 Å². The van der Waals surface area contributed by atoms with Gasteiger partial charge in [0.2, 0.25) is 5.88 Å². The van der Waals surface area contributed by atoms with Gasteiger partial charge in [0.05, 0.1) is 6.54 Å². The minimum absolute atomic E-state index is 0.127. The Morgan fingerprint density at radius 2 is 1.63 bits per heavy atom. The van der Waals surface area contributed by atoms with Gasteiger partial charge >= 0.3 is 0 Å². The van der Waals surface area contributed by atoms with E-state index in [-0.39, 0.29) is 41.6 Å². The molecule has 1 saturated heterocycles. The van der Waals surface area contributed by atoms with Gasteiger partial charge in [-0.3, -0.25) is 9.59 Å². The molecule has 1 aliphatic heterocycles. The maximum absolute atomic E-state index is 12.8. The van der Waals surface area contributed by atoms with Crippen molar-refractivity contribution in [3.8, 4) is 5.75 Å². The van der Waals surface area contributed by atoms with E-state index < -0.39 is 0 Å². The van der Waals surface area contributed by atoms with Gasteiger partial charge in [-0.05, 0) is 17.2 Å². The predicted octanol–water partition coefficient (Wildman–Crippen LogP) is 3.15. The minimum atomic E-state index is -0.292. The first-order valence-corrected chi connectivity index (χ1v) is 9.13. The summed E-state index contributed by atoms with van der Waals surface area (Å²) in [6.45, 7) is 1.72. The monoisotopic (exact) mass is 363 g/mol. The summed E-state index contributed by atoms with van der Waals surface area (Å²) in [5, 5.41) is 10.1. The Morgan fingerprint density at radius 1 is 0.963 bits per heavy atom. The molecule has 5 heteroatoms. The summed E-state index contributed by atoms with van der Waals surface area (Å²) in [5.74, 6) is -0.185. The van der Waals surface area contributed by atoms with Crippen LogP contribution in [0.15, 0.2) is 66.1 Å². The van der Waals surface area contributed by atoms with Crippen LogP contribution in [-0.4, -0.2) is 34.7 Å². The van der Waals surface area contributed by atoms with E-state index in [9.17, 15) is 14.7 Å². The number of phenols is 1. The number of allylic oxidation sites excluding steroid dienone is 1. The number of ether oxygens (including phenoxy) is 1. The van der Waals surface area contributed by atoms with Crippen molar-refractivity contribution in [1.29, 1.82) is 0 Å². The normalized spacial score (nSPS) is 20.1. The molecule has 0 atom stereocenters. The van der Waals surface area contributed by atoms with Crippen LogP contribution in [0.25, 0.3) is 0 Å². The Bertz CT molecular complexity index is 884. The van der Waals surface area contributed by atoms with Crippen LogP contribution in [0.3, 0.4) is 0 Å². The van der Waals surface area contributed by atoms with Gasteiger partial charge in [-0.25, -0.2) is 0 Å². The molecule has 2 fully saturated rings. The number of carbonyl (C=O) groups excluding carboxylic acids is 2. The van der Waals surface area contributed by atoms with Crippen molar-refractivity contribution in [1.82, 2.24) is 4.90 Å². The van der Waals surface area contributed by atoms with Gasteiger partial charge in [0.15, 0.2) is 11.6 Å². The first-order valence-electron chi connectivity index (χ1n) is 9.13. The van der Waals surface area contributed by atoms with E-state index in [0.717, 1.165) is 5.56 Å². The van der Waals surface area contributed by atoms with Gasteiger partial charge in [-0.15, -0.1) is 0 Å². The fourth-order valence-corrected chi connectivity index (χ4v) is 3.80. The van der Waals surface area contributed by atoms with E-state index in [2.05, 4.69) is 0 Å². The molecule has 0 bridgehead atoms. The highest BCUT2D eigenvalue weighted by Crippen LogP contribution is 2.37. The molecular weight excluding hydrogens is 342 g/mol. The highest BCUT2D eigenvalue weighted by Gasteiger charge is 2.38. The SMILES string of the molecule is O=C1CC(c2ccccc2O)CC(=O)C1=C1OCCN1Cc1ccccc1. The Balaban J connectivity index is 1.59. The van der Waals surface area contributed by atoms with Crippen LogP contribution >= 0.6 is 0 Å². The van der Waals surface area contributed by atoms with Crippen LogP contribution in [0, 0.1) is 0 Å². The molecule has 4 rings (SSSR count). The number of carbonyl (C=O) groups is 2. The quantitative estimate of drug-likeness (QED) is 0.670. The molecule has 0 radical (unpaired) electrons. The molecule has 1 N–H and O–H groups in total. The summed E-state index contributed by atoms with van der Waals surface area (Å²) >= 11 is 0. The number of Topliss-reactive ketones (excluding diaryl/α,β-unsaturated/α-hetero) is 2. The third-order valence-corrected chi connectivity index (χ3v) is 5.12. The van der Waals surface area contributed by atoms with E-state index in [1.165, 1.54) is 0 Å². The van der Waals surface area contributed by atoms with Gasteiger partial charge in [0.25, 0.3) is 0 Å². The predicted molar refractivity (Wildman–Crippen MR) is 99.9 cm³/mol. The Morgan fingerprint density at radius 3 is 2.33 bits per heavy atom. The average molecular weight is 363 g/mol. The van der Waals surface area contributed by atoms with E-state index in [0.29, 0.717) is 31.1 Å². The Labute approximate surface area is 157 Å². The van der Waals surface area contributed by atoms with Crippen LogP contribution in [0.1, 0.15) is 29.9 Å². The van der Waals surface area contributed by atoms with Gasteiger partial charge < -0.3 is 14.7 Å². The Kier molecular flexibility index (Phi) is 4.67. The molecular formula is C22H21NO4. The number of ketones is 2. The zero-order chi connectivity index (χ0) is 18.8. The largest absolute Gasteiger partial charge is 0.508 e. The number of nitrogens with zero attached hydrogens (tertiary/aromatic N) is 1. The standard InChI is InChI=1S/C22H21NO4/c24-18-9-5-4-8-17(18)16-12-19(25)21(20(26)13-16)22-23(10-11-27-22)14-15-6-2-1-3-7-15/h1-9,16,24H,10-14H2. The molecule has 1 saturated carbocycles. The molecule has 0 spiro atoms. The van der Waals surface area contributed by atoms with Gasteiger partial charge in [0.1, 0.15) is 17.9 Å². The van der Waals surface area contributed by atoms with Crippen molar-refractivity contribution in [2.45, 2.75) is 25.3 Å². The molecule has 2 aromatic rings. The topological polar surface area (TPSA) is 66.8 Å². The smallest absolute Gasteiger partial charge is 0.204 e. The summed E-state index contributed by atoms with van der Waals surface area (Å²) in [7, 11) is 0. The van der Waals surface area contributed by atoms with Crippen LogP contribution in [-0.2, 0) is 20.9 Å². The lowest BCUT2D eigenvalue weighted by Gasteiger charge is -2.26. The summed E-state index contributed by atoms with van der Waals surface area (Å²) in [5.41, 5.74) is 1.93. The molecule has 0 unspecified atom stereocenters. The van der Waals surface area contributed by atoms with Gasteiger partial charge in [-0.1, -0.05) is 48.5 Å². The fraction of sp³-hybridized carbons (Fsp3) is 0.273. The second kappa shape index (κ2) is 7.27. The molecule has 5 nitrogen and oxygen atoms in total. The molecule has 2 aliphatic rings. The van der Waals surface area contributed by atoms with Crippen LogP contribution in [0.5, 0.6) is 5.75 Å². The summed E-state index contributed by atoms with van der Waals surface area (Å²) in [4.78, 5) is 27.6. The van der Waals surface area contributed by atoms with Gasteiger partial charge in [0, 0.05) is 25.3 Å². The summed E-state index contributed by atoms with van der Waals surface area (Å²) < 4.78 is 5.70. The number of phenolic OH excluding ortho intramolecular Hbond substituents is 1. The van der Waals surface area contributed by atoms with Crippen LogP contribution < -0.4 is 0 Å².